The fraction of sp³-hybridized carbons (Fsp3) is 0.353. The number of carboxylic acids is 1. The van der Waals surface area contributed by atoms with Gasteiger partial charge in [-0.1, -0.05) is 61.5 Å². The Hall–Kier alpha value is -3.98. The summed E-state index contributed by atoms with van der Waals surface area (Å²) in [5.41, 5.74) is 5.72. The van der Waals surface area contributed by atoms with Crippen molar-refractivity contribution in [2.24, 2.45) is 13.0 Å². The summed E-state index contributed by atoms with van der Waals surface area (Å²) < 4.78 is 8.65. The number of para-hydroxylation sites is 1. The summed E-state index contributed by atoms with van der Waals surface area (Å²) in [6.45, 7) is 5.86. The zero-order valence-electron chi connectivity index (χ0n) is 24.7. The molecule has 0 saturated carbocycles. The molecule has 1 aromatic heterocycles. The van der Waals surface area contributed by atoms with Gasteiger partial charge in [0.15, 0.2) is 0 Å². The Bertz CT molecular complexity index is 1580. The lowest BCUT2D eigenvalue weighted by molar-refractivity contribution is -0.0242. The first-order chi connectivity index (χ1) is 20.2. The number of carbonyl (C=O) groups excluding carboxylic acids is 1. The number of aliphatic hydroxyl groups excluding tert-OH is 1. The van der Waals surface area contributed by atoms with Crippen molar-refractivity contribution in [3.05, 3.63) is 95.2 Å². The van der Waals surface area contributed by atoms with Gasteiger partial charge in [-0.05, 0) is 48.9 Å². The molecule has 0 spiro atoms. The van der Waals surface area contributed by atoms with Crippen LogP contribution in [0.2, 0.25) is 0 Å². The number of nitrogens with zero attached hydrogens (tertiary/aromatic N) is 3. The number of carbonyl (C=O) groups is 2. The molecule has 5 rings (SSSR count). The Kier molecular flexibility index (Phi) is 8.77. The predicted molar refractivity (Wildman–Crippen MR) is 163 cm³/mol. The van der Waals surface area contributed by atoms with Crippen LogP contribution in [-0.4, -0.2) is 75.3 Å². The van der Waals surface area contributed by atoms with E-state index in [1.807, 2.05) is 68.1 Å². The van der Waals surface area contributed by atoms with Gasteiger partial charge < -0.3 is 24.4 Å². The third-order valence-corrected chi connectivity index (χ3v) is 8.37. The topological polar surface area (TPSA) is 95.2 Å². The normalized spacial score (nSPS) is 18.4. The number of likely N-dealkylation sites (N-methyl/N-ethyl adjacent to an activating group) is 1. The Morgan fingerprint density at radius 2 is 1.76 bits per heavy atom. The molecule has 2 heterocycles. The maximum absolute atomic E-state index is 14.5. The minimum Gasteiger partial charge on any atom is -0.478 e. The van der Waals surface area contributed by atoms with Crippen molar-refractivity contribution in [2.45, 2.75) is 39.1 Å². The molecule has 0 bridgehead atoms. The highest BCUT2D eigenvalue weighted by Gasteiger charge is 2.33. The van der Waals surface area contributed by atoms with E-state index in [0.29, 0.717) is 31.9 Å². The number of ether oxygens (including phenoxy) is 1. The van der Waals surface area contributed by atoms with Crippen molar-refractivity contribution >= 4 is 22.8 Å². The van der Waals surface area contributed by atoms with Crippen molar-refractivity contribution in [3.8, 4) is 11.1 Å². The molecule has 0 saturated heterocycles. The first-order valence-corrected chi connectivity index (χ1v) is 14.4. The van der Waals surface area contributed by atoms with Crippen LogP contribution in [0.1, 0.15) is 45.8 Å². The highest BCUT2D eigenvalue weighted by Crippen LogP contribution is 2.38. The summed E-state index contributed by atoms with van der Waals surface area (Å²) in [6.07, 6.45) is -0.208. The van der Waals surface area contributed by atoms with Gasteiger partial charge in [0.05, 0.1) is 30.9 Å². The van der Waals surface area contributed by atoms with Crippen LogP contribution in [0.4, 0.5) is 0 Å². The average Bonchev–Trinajstić information content (AvgIpc) is 3.28. The third kappa shape index (κ3) is 5.83. The van der Waals surface area contributed by atoms with E-state index in [4.69, 9.17) is 4.74 Å². The summed E-state index contributed by atoms with van der Waals surface area (Å²) in [5.74, 6) is -1.09. The molecule has 42 heavy (non-hydrogen) atoms. The van der Waals surface area contributed by atoms with Crippen LogP contribution in [0.5, 0.6) is 0 Å². The lowest BCUT2D eigenvalue weighted by atomic mass is 9.96. The van der Waals surface area contributed by atoms with Crippen LogP contribution in [0.3, 0.4) is 0 Å². The number of carboxylic acid groups (broad SMARTS) is 1. The summed E-state index contributed by atoms with van der Waals surface area (Å²) in [4.78, 5) is 29.7. The third-order valence-electron chi connectivity index (χ3n) is 8.37. The van der Waals surface area contributed by atoms with Gasteiger partial charge in [-0.2, -0.15) is 0 Å². The van der Waals surface area contributed by atoms with E-state index in [2.05, 4.69) is 30.0 Å². The van der Waals surface area contributed by atoms with Gasteiger partial charge in [0.2, 0.25) is 0 Å². The summed E-state index contributed by atoms with van der Waals surface area (Å²) in [7, 11) is 3.95. The molecule has 4 aromatic rings. The molecule has 0 unspecified atom stereocenters. The van der Waals surface area contributed by atoms with Crippen molar-refractivity contribution in [1.82, 2.24) is 14.4 Å². The minimum absolute atomic E-state index is 0.0387. The highest BCUT2D eigenvalue weighted by atomic mass is 16.5. The van der Waals surface area contributed by atoms with Crippen LogP contribution in [-0.2, 0) is 24.9 Å². The number of hydrogen-bond donors (Lipinski definition) is 2. The van der Waals surface area contributed by atoms with E-state index >= 15 is 0 Å². The molecule has 8 heteroatoms. The molecule has 1 aliphatic heterocycles. The molecule has 3 atom stereocenters. The largest absolute Gasteiger partial charge is 0.478 e. The number of rotatable bonds is 7. The van der Waals surface area contributed by atoms with E-state index in [0.717, 1.165) is 33.2 Å². The number of aliphatic hydroxyl groups is 1. The number of hydrogen-bond acceptors (Lipinski definition) is 5. The van der Waals surface area contributed by atoms with Crippen LogP contribution in [0.25, 0.3) is 22.0 Å². The van der Waals surface area contributed by atoms with Gasteiger partial charge in [0, 0.05) is 49.1 Å². The molecular formula is C34H39N3O5. The monoisotopic (exact) mass is 569 g/mol. The zero-order valence-corrected chi connectivity index (χ0v) is 24.7. The lowest BCUT2D eigenvalue weighted by Gasteiger charge is -2.35. The van der Waals surface area contributed by atoms with Crippen molar-refractivity contribution in [1.29, 1.82) is 0 Å². The van der Waals surface area contributed by atoms with E-state index < -0.39 is 5.97 Å². The van der Waals surface area contributed by atoms with E-state index in [1.54, 1.807) is 17.0 Å². The molecule has 3 aromatic carbocycles. The van der Waals surface area contributed by atoms with Crippen molar-refractivity contribution < 1.29 is 24.5 Å². The van der Waals surface area contributed by atoms with Gasteiger partial charge in [-0.3, -0.25) is 9.69 Å². The fourth-order valence-corrected chi connectivity index (χ4v) is 5.96. The number of aryl methyl sites for hydroxylation is 1. The predicted octanol–water partition coefficient (Wildman–Crippen LogP) is 5.03. The van der Waals surface area contributed by atoms with E-state index in [-0.39, 0.29) is 36.1 Å². The Morgan fingerprint density at radius 3 is 2.48 bits per heavy atom. The molecule has 2 N–H and O–H groups in total. The Morgan fingerprint density at radius 1 is 1.07 bits per heavy atom. The second kappa shape index (κ2) is 12.5. The lowest BCUT2D eigenvalue weighted by Crippen LogP contribution is -2.47. The molecule has 0 radical (unpaired) electrons. The fourth-order valence-electron chi connectivity index (χ4n) is 5.96. The molecular weight excluding hydrogens is 530 g/mol. The summed E-state index contributed by atoms with van der Waals surface area (Å²) in [6, 6.07) is 22.7. The standard InChI is InChI=1S/C34H39N3O5/c1-22-17-37(23(2)20-38)33(39)32-31(28-11-7-8-12-29(28)36(32)4)27-10-6-5-9-26(27)21-42-30(22)19-35(3)18-24-13-15-25(16-14-24)34(40)41/h5-16,22-23,30,38H,17-21H2,1-4H3,(H,40,41)/t22-,23+,30+/m1/s1. The molecule has 0 fully saturated rings. The minimum atomic E-state index is -0.943. The van der Waals surface area contributed by atoms with Crippen molar-refractivity contribution in [2.75, 3.05) is 26.7 Å². The van der Waals surface area contributed by atoms with Gasteiger partial charge >= 0.3 is 5.97 Å². The number of aromatic nitrogens is 1. The smallest absolute Gasteiger partial charge is 0.335 e. The first-order valence-electron chi connectivity index (χ1n) is 14.4. The Balaban J connectivity index is 1.52. The van der Waals surface area contributed by atoms with Crippen LogP contribution >= 0.6 is 0 Å². The Labute approximate surface area is 246 Å². The second-order valence-electron chi connectivity index (χ2n) is 11.5. The molecule has 8 nitrogen and oxygen atoms in total. The molecule has 220 valence electrons. The van der Waals surface area contributed by atoms with Crippen LogP contribution in [0, 0.1) is 5.92 Å². The van der Waals surface area contributed by atoms with Gasteiger partial charge in [-0.15, -0.1) is 0 Å². The second-order valence-corrected chi connectivity index (χ2v) is 11.5. The van der Waals surface area contributed by atoms with E-state index in [9.17, 15) is 19.8 Å². The summed E-state index contributed by atoms with van der Waals surface area (Å²) >= 11 is 0. The van der Waals surface area contributed by atoms with Gasteiger partial charge in [0.1, 0.15) is 5.69 Å². The number of amides is 1. The maximum atomic E-state index is 14.5. The maximum Gasteiger partial charge on any atom is 0.335 e. The quantitative estimate of drug-likeness (QED) is 0.324. The average molecular weight is 570 g/mol. The number of benzene rings is 3. The SMILES string of the molecule is C[C@@H]1CN([C@@H](C)CO)C(=O)c2c(c3ccccc3n2C)-c2ccccc2CO[C@H]1CN(C)Cc1ccc(C(=O)O)cc1. The van der Waals surface area contributed by atoms with Crippen LogP contribution < -0.4 is 0 Å². The molecule has 0 aliphatic carbocycles. The van der Waals surface area contributed by atoms with Gasteiger partial charge in [0.25, 0.3) is 5.91 Å². The van der Waals surface area contributed by atoms with Crippen LogP contribution in [0.15, 0.2) is 72.8 Å². The molecule has 1 aliphatic rings. The first kappa shape index (κ1) is 29.5. The molecule has 1 amide bonds. The number of aromatic carboxylic acids is 1. The van der Waals surface area contributed by atoms with Gasteiger partial charge in [-0.25, -0.2) is 4.79 Å². The van der Waals surface area contributed by atoms with E-state index in [1.165, 1.54) is 0 Å². The van der Waals surface area contributed by atoms with Crippen molar-refractivity contribution in [3.63, 3.8) is 0 Å². The number of fused-ring (bicyclic) bond motifs is 5. The summed E-state index contributed by atoms with van der Waals surface area (Å²) in [5, 5.41) is 20.4. The highest BCUT2D eigenvalue weighted by molar-refractivity contribution is 6.10. The zero-order chi connectivity index (χ0) is 30.0.